The zero-order valence-electron chi connectivity index (χ0n) is 14.1. The zero-order chi connectivity index (χ0) is 18.5. The third-order valence-electron chi connectivity index (χ3n) is 3.63. The van der Waals surface area contributed by atoms with Crippen molar-refractivity contribution in [3.8, 4) is 0 Å². The number of pyridine rings is 1. The molecule has 7 heteroatoms. The fourth-order valence-electron chi connectivity index (χ4n) is 2.40. The highest BCUT2D eigenvalue weighted by molar-refractivity contribution is 7.99. The molecule has 0 aliphatic heterocycles. The van der Waals surface area contributed by atoms with Crippen molar-refractivity contribution in [1.29, 1.82) is 0 Å². The van der Waals surface area contributed by atoms with Gasteiger partial charge in [-0.1, -0.05) is 23.7 Å². The molecule has 134 valence electrons. The van der Waals surface area contributed by atoms with E-state index in [1.165, 1.54) is 22.2 Å². The van der Waals surface area contributed by atoms with Crippen molar-refractivity contribution in [1.82, 2.24) is 9.38 Å². The number of thioether (sulfide) groups is 1. The lowest BCUT2D eigenvalue weighted by atomic mass is 10.2. The van der Waals surface area contributed by atoms with Crippen molar-refractivity contribution in [3.05, 3.63) is 80.9 Å². The van der Waals surface area contributed by atoms with Gasteiger partial charge in [0.05, 0.1) is 11.4 Å². The SMILES string of the molecule is Cc1ccn2c(=O)cc(COC(=O)CSCc3cccc(Cl)c3)nc2c1. The summed E-state index contributed by atoms with van der Waals surface area (Å²) >= 11 is 7.38. The molecule has 0 spiro atoms. The summed E-state index contributed by atoms with van der Waals surface area (Å²) in [6.45, 7) is 1.91. The standard InChI is InChI=1S/C19H17ClN2O3S/c1-13-5-6-22-17(7-13)21-16(9-18(22)23)10-25-19(24)12-26-11-14-3-2-4-15(20)8-14/h2-9H,10-12H2,1H3. The number of ether oxygens (including phenoxy) is 1. The summed E-state index contributed by atoms with van der Waals surface area (Å²) in [7, 11) is 0. The first-order valence-corrected chi connectivity index (χ1v) is 9.51. The van der Waals surface area contributed by atoms with Gasteiger partial charge in [-0.15, -0.1) is 11.8 Å². The topological polar surface area (TPSA) is 60.7 Å². The van der Waals surface area contributed by atoms with Gasteiger partial charge in [0.25, 0.3) is 5.56 Å². The van der Waals surface area contributed by atoms with Crippen LogP contribution in [0.15, 0.2) is 53.5 Å². The van der Waals surface area contributed by atoms with Crippen LogP contribution in [0.3, 0.4) is 0 Å². The van der Waals surface area contributed by atoms with E-state index in [9.17, 15) is 9.59 Å². The van der Waals surface area contributed by atoms with Crippen LogP contribution in [0.25, 0.3) is 5.65 Å². The Morgan fingerprint density at radius 3 is 2.92 bits per heavy atom. The van der Waals surface area contributed by atoms with Crippen LogP contribution in [-0.2, 0) is 21.9 Å². The number of fused-ring (bicyclic) bond motifs is 1. The molecule has 3 aromatic rings. The fourth-order valence-corrected chi connectivity index (χ4v) is 3.38. The van der Waals surface area contributed by atoms with Crippen molar-refractivity contribution >= 4 is 35.0 Å². The van der Waals surface area contributed by atoms with Gasteiger partial charge < -0.3 is 4.74 Å². The van der Waals surface area contributed by atoms with Crippen LogP contribution < -0.4 is 5.56 Å². The molecule has 0 amide bonds. The summed E-state index contributed by atoms with van der Waals surface area (Å²) in [6.07, 6.45) is 1.68. The molecule has 2 aromatic heterocycles. The highest BCUT2D eigenvalue weighted by atomic mass is 35.5. The molecule has 0 atom stereocenters. The van der Waals surface area contributed by atoms with E-state index in [4.69, 9.17) is 16.3 Å². The van der Waals surface area contributed by atoms with E-state index in [1.54, 1.807) is 6.20 Å². The number of rotatable bonds is 6. The summed E-state index contributed by atoms with van der Waals surface area (Å²) in [5, 5.41) is 0.676. The zero-order valence-corrected chi connectivity index (χ0v) is 15.7. The lowest BCUT2D eigenvalue weighted by Crippen LogP contribution is -2.17. The number of carbonyl (C=O) groups excluding carboxylic acids is 1. The molecular formula is C19H17ClN2O3S. The maximum absolute atomic E-state index is 12.1. The highest BCUT2D eigenvalue weighted by Gasteiger charge is 2.07. The number of esters is 1. The molecule has 0 bridgehead atoms. The maximum Gasteiger partial charge on any atom is 0.316 e. The molecule has 0 aliphatic carbocycles. The van der Waals surface area contributed by atoms with Gasteiger partial charge in [0.1, 0.15) is 12.3 Å². The quantitative estimate of drug-likeness (QED) is 0.603. The minimum atomic E-state index is -0.344. The molecule has 0 aliphatic rings. The predicted molar refractivity (Wildman–Crippen MR) is 104 cm³/mol. The van der Waals surface area contributed by atoms with E-state index < -0.39 is 0 Å². The second kappa shape index (κ2) is 8.38. The fraction of sp³-hybridized carbons (Fsp3) is 0.211. The van der Waals surface area contributed by atoms with Gasteiger partial charge in [-0.05, 0) is 42.3 Å². The van der Waals surface area contributed by atoms with Crippen LogP contribution in [0.5, 0.6) is 0 Å². The van der Waals surface area contributed by atoms with E-state index in [2.05, 4.69) is 4.98 Å². The largest absolute Gasteiger partial charge is 0.459 e. The van der Waals surface area contributed by atoms with Crippen molar-refractivity contribution in [2.24, 2.45) is 0 Å². The van der Waals surface area contributed by atoms with E-state index in [0.717, 1.165) is 11.1 Å². The normalized spacial score (nSPS) is 10.8. The highest BCUT2D eigenvalue weighted by Crippen LogP contribution is 2.16. The number of carbonyl (C=O) groups is 1. The summed E-state index contributed by atoms with van der Waals surface area (Å²) in [5.74, 6) is 0.547. The molecule has 0 N–H and O–H groups in total. The summed E-state index contributed by atoms with van der Waals surface area (Å²) < 4.78 is 6.68. The van der Waals surface area contributed by atoms with Gasteiger partial charge >= 0.3 is 5.97 Å². The Morgan fingerprint density at radius 1 is 1.27 bits per heavy atom. The van der Waals surface area contributed by atoms with Gasteiger partial charge in [-0.2, -0.15) is 0 Å². The number of aryl methyl sites for hydroxylation is 1. The monoisotopic (exact) mass is 388 g/mol. The molecule has 0 unspecified atom stereocenters. The van der Waals surface area contributed by atoms with E-state index in [0.29, 0.717) is 22.1 Å². The average molecular weight is 389 g/mol. The Morgan fingerprint density at radius 2 is 2.12 bits per heavy atom. The van der Waals surface area contributed by atoms with Gasteiger partial charge in [-0.25, -0.2) is 4.98 Å². The first kappa shape index (κ1) is 18.5. The van der Waals surface area contributed by atoms with Crippen molar-refractivity contribution in [2.45, 2.75) is 19.3 Å². The Labute approximate surface area is 160 Å². The van der Waals surface area contributed by atoms with E-state index in [1.807, 2.05) is 43.3 Å². The van der Waals surface area contributed by atoms with Crippen molar-refractivity contribution in [2.75, 3.05) is 5.75 Å². The number of nitrogens with zero attached hydrogens (tertiary/aromatic N) is 2. The molecule has 0 fully saturated rings. The summed E-state index contributed by atoms with van der Waals surface area (Å²) in [6, 6.07) is 12.6. The minimum absolute atomic E-state index is 0.0176. The first-order valence-electron chi connectivity index (χ1n) is 7.98. The minimum Gasteiger partial charge on any atom is -0.459 e. The molecule has 0 saturated carbocycles. The Kier molecular flexibility index (Phi) is 5.96. The summed E-state index contributed by atoms with van der Waals surface area (Å²) in [5.41, 5.74) is 2.84. The second-order valence-corrected chi connectivity index (χ2v) is 7.22. The van der Waals surface area contributed by atoms with Gasteiger partial charge in [0.2, 0.25) is 0 Å². The number of benzene rings is 1. The molecular weight excluding hydrogens is 372 g/mol. The van der Waals surface area contributed by atoms with Crippen LogP contribution in [0, 0.1) is 6.92 Å². The van der Waals surface area contributed by atoms with Crippen LogP contribution in [0.4, 0.5) is 0 Å². The van der Waals surface area contributed by atoms with Crippen LogP contribution in [-0.4, -0.2) is 21.1 Å². The van der Waals surface area contributed by atoms with Crippen LogP contribution in [0.1, 0.15) is 16.8 Å². The van der Waals surface area contributed by atoms with Crippen molar-refractivity contribution < 1.29 is 9.53 Å². The van der Waals surface area contributed by atoms with Crippen molar-refractivity contribution in [3.63, 3.8) is 0 Å². The maximum atomic E-state index is 12.1. The second-order valence-electron chi connectivity index (χ2n) is 5.80. The van der Waals surface area contributed by atoms with Gasteiger partial charge in [-0.3, -0.25) is 14.0 Å². The molecule has 0 radical (unpaired) electrons. The molecule has 2 heterocycles. The lowest BCUT2D eigenvalue weighted by molar-refractivity contribution is -0.141. The molecule has 1 aromatic carbocycles. The predicted octanol–water partition coefficient (Wildman–Crippen LogP) is 3.63. The van der Waals surface area contributed by atoms with Gasteiger partial charge in [0, 0.05) is 23.0 Å². The molecule has 5 nitrogen and oxygen atoms in total. The third-order valence-corrected chi connectivity index (χ3v) is 4.85. The van der Waals surface area contributed by atoms with Crippen LogP contribution >= 0.6 is 23.4 Å². The summed E-state index contributed by atoms with van der Waals surface area (Å²) in [4.78, 5) is 28.3. The van der Waals surface area contributed by atoms with E-state index >= 15 is 0 Å². The Balaban J connectivity index is 1.54. The Hall–Kier alpha value is -2.31. The Bertz CT molecular complexity index is 1000. The number of hydrogen-bond acceptors (Lipinski definition) is 5. The van der Waals surface area contributed by atoms with Crippen LogP contribution in [0.2, 0.25) is 5.02 Å². The molecule has 26 heavy (non-hydrogen) atoms. The number of halogens is 1. The smallest absolute Gasteiger partial charge is 0.316 e. The number of hydrogen-bond donors (Lipinski definition) is 0. The first-order chi connectivity index (χ1) is 12.5. The third kappa shape index (κ3) is 4.86. The van der Waals surface area contributed by atoms with E-state index in [-0.39, 0.29) is 23.9 Å². The number of aromatic nitrogens is 2. The van der Waals surface area contributed by atoms with Gasteiger partial charge in [0.15, 0.2) is 0 Å². The lowest BCUT2D eigenvalue weighted by Gasteiger charge is -2.07. The molecule has 0 saturated heterocycles. The molecule has 3 rings (SSSR count). The average Bonchev–Trinajstić information content (AvgIpc) is 2.59.